The lowest BCUT2D eigenvalue weighted by Crippen LogP contribution is -2.18. The predicted molar refractivity (Wildman–Crippen MR) is 117 cm³/mol. The van der Waals surface area contributed by atoms with Gasteiger partial charge in [0.05, 0.1) is 35.9 Å². The molecule has 33 heavy (non-hydrogen) atoms. The Balaban J connectivity index is 1.66. The third kappa shape index (κ3) is 4.98. The van der Waals surface area contributed by atoms with Crippen molar-refractivity contribution in [2.45, 2.75) is 12.7 Å². The molecule has 0 aliphatic heterocycles. The normalized spacial score (nSPS) is 11.8. The summed E-state index contributed by atoms with van der Waals surface area (Å²) in [5, 5.41) is 11.2. The number of aromatic nitrogens is 5. The lowest BCUT2D eigenvalue weighted by Gasteiger charge is -2.13. The molecule has 1 N–H and O–H groups in total. The molecule has 0 bridgehead atoms. The molecule has 0 aliphatic carbocycles. The van der Waals surface area contributed by atoms with E-state index < -0.39 is 17.6 Å². The maximum atomic E-state index is 13.2. The molecule has 0 fully saturated rings. The van der Waals surface area contributed by atoms with Gasteiger partial charge in [0.1, 0.15) is 5.56 Å². The van der Waals surface area contributed by atoms with Crippen LogP contribution in [0.5, 0.6) is 0 Å². The van der Waals surface area contributed by atoms with Crippen molar-refractivity contribution in [3.05, 3.63) is 78.5 Å². The van der Waals surface area contributed by atoms with Gasteiger partial charge in [-0.15, -0.1) is 0 Å². The monoisotopic (exact) mass is 457 g/mol. The summed E-state index contributed by atoms with van der Waals surface area (Å²) in [5.41, 5.74) is 0.0860. The van der Waals surface area contributed by atoms with E-state index in [0.29, 0.717) is 18.1 Å². The maximum Gasteiger partial charge on any atom is 0.416 e. The van der Waals surface area contributed by atoms with E-state index in [1.165, 1.54) is 23.0 Å². The van der Waals surface area contributed by atoms with Crippen molar-refractivity contribution in [2.24, 2.45) is 0 Å². The summed E-state index contributed by atoms with van der Waals surface area (Å²) < 4.78 is 44.3. The summed E-state index contributed by atoms with van der Waals surface area (Å²) in [6.07, 6.45) is 3.48. The first-order valence-corrected chi connectivity index (χ1v) is 10.1. The van der Waals surface area contributed by atoms with E-state index in [0.717, 1.165) is 18.7 Å². The molecule has 172 valence electrons. The first-order valence-electron chi connectivity index (χ1n) is 10.1. The minimum absolute atomic E-state index is 0.184. The second-order valence-corrected chi connectivity index (χ2v) is 7.68. The Labute approximate surface area is 187 Å². The number of amides is 1. The van der Waals surface area contributed by atoms with Gasteiger partial charge in [-0.05, 0) is 44.4 Å². The molecule has 4 rings (SSSR count). The van der Waals surface area contributed by atoms with Crippen LogP contribution in [0, 0.1) is 0 Å². The number of nitrogens with one attached hydrogen (secondary N) is 1. The van der Waals surface area contributed by atoms with Crippen LogP contribution in [0.25, 0.3) is 11.5 Å². The molecule has 1 amide bonds. The van der Waals surface area contributed by atoms with Crippen LogP contribution in [0.1, 0.15) is 15.9 Å². The predicted octanol–water partition coefficient (Wildman–Crippen LogP) is 3.69. The van der Waals surface area contributed by atoms with Crippen molar-refractivity contribution in [3.8, 4) is 11.5 Å². The quantitative estimate of drug-likeness (QED) is 0.460. The molecule has 0 saturated heterocycles. The Morgan fingerprint density at radius 3 is 2.55 bits per heavy atom. The molecule has 11 heteroatoms. The highest BCUT2D eigenvalue weighted by molar-refractivity contribution is 6.06. The molecule has 3 aromatic heterocycles. The van der Waals surface area contributed by atoms with Gasteiger partial charge < -0.3 is 14.8 Å². The molecular weight excluding hydrogens is 435 g/mol. The number of nitrogens with zero attached hydrogens (tertiary/aromatic N) is 6. The van der Waals surface area contributed by atoms with Gasteiger partial charge in [-0.25, -0.2) is 4.68 Å². The van der Waals surface area contributed by atoms with Crippen LogP contribution in [0.15, 0.2) is 67.4 Å². The second kappa shape index (κ2) is 8.94. The van der Waals surface area contributed by atoms with Gasteiger partial charge in [-0.1, -0.05) is 6.07 Å². The van der Waals surface area contributed by atoms with E-state index in [-0.39, 0.29) is 11.3 Å². The number of hydrogen-bond donors (Lipinski definition) is 1. The highest BCUT2D eigenvalue weighted by Gasteiger charge is 2.31. The smallest absolute Gasteiger partial charge is 0.319 e. The van der Waals surface area contributed by atoms with Crippen molar-refractivity contribution in [2.75, 3.05) is 26.0 Å². The van der Waals surface area contributed by atoms with Crippen LogP contribution >= 0.6 is 0 Å². The number of rotatable bonds is 7. The first-order chi connectivity index (χ1) is 15.7. The second-order valence-electron chi connectivity index (χ2n) is 7.68. The molecule has 0 radical (unpaired) electrons. The highest BCUT2D eigenvalue weighted by atomic mass is 19.4. The number of alkyl halides is 3. The molecule has 8 nitrogen and oxygen atoms in total. The summed E-state index contributed by atoms with van der Waals surface area (Å²) in [5.74, 6) is -0.138. The minimum Gasteiger partial charge on any atom is -0.319 e. The molecular formula is C22H22F3N7O. The van der Waals surface area contributed by atoms with E-state index in [1.807, 2.05) is 19.0 Å². The third-order valence-corrected chi connectivity index (χ3v) is 4.92. The Bertz CT molecular complexity index is 1240. The average molecular weight is 457 g/mol. The van der Waals surface area contributed by atoms with Gasteiger partial charge in [0.2, 0.25) is 0 Å². The fourth-order valence-corrected chi connectivity index (χ4v) is 3.28. The van der Waals surface area contributed by atoms with Crippen molar-refractivity contribution < 1.29 is 18.0 Å². The molecule has 1 aromatic carbocycles. The van der Waals surface area contributed by atoms with Crippen LogP contribution in [-0.2, 0) is 12.7 Å². The van der Waals surface area contributed by atoms with Crippen LogP contribution in [-0.4, -0.2) is 55.6 Å². The summed E-state index contributed by atoms with van der Waals surface area (Å²) in [4.78, 5) is 15.1. The molecule has 0 aliphatic rings. The summed E-state index contributed by atoms with van der Waals surface area (Å²) in [7, 11) is 3.91. The Morgan fingerprint density at radius 1 is 1.09 bits per heavy atom. The van der Waals surface area contributed by atoms with Crippen molar-refractivity contribution in [1.29, 1.82) is 0 Å². The van der Waals surface area contributed by atoms with Crippen LogP contribution in [0.4, 0.5) is 18.9 Å². The van der Waals surface area contributed by atoms with Crippen molar-refractivity contribution in [1.82, 2.24) is 29.0 Å². The largest absolute Gasteiger partial charge is 0.416 e. The van der Waals surface area contributed by atoms with Gasteiger partial charge in [0.25, 0.3) is 5.91 Å². The standard InChI is InChI=1S/C22H22F3N7O/c1-29(2)10-11-31-15-17(13-26-31)28-20(33)19-14-27-32(21(19)30-8-3-4-9-30)18-7-5-6-16(12-18)22(23,24)25/h3-9,12-15H,10-11H2,1-2H3,(H,28,33). The van der Waals surface area contributed by atoms with Gasteiger partial charge in [0.15, 0.2) is 5.82 Å². The zero-order valence-electron chi connectivity index (χ0n) is 18.0. The lowest BCUT2D eigenvalue weighted by molar-refractivity contribution is -0.137. The Morgan fingerprint density at radius 2 is 1.85 bits per heavy atom. The van der Waals surface area contributed by atoms with Gasteiger partial charge >= 0.3 is 6.18 Å². The van der Waals surface area contributed by atoms with Crippen LogP contribution in [0.2, 0.25) is 0 Å². The fourth-order valence-electron chi connectivity index (χ4n) is 3.28. The topological polar surface area (TPSA) is 72.9 Å². The van der Waals surface area contributed by atoms with Crippen LogP contribution in [0.3, 0.4) is 0 Å². The number of hydrogen-bond acceptors (Lipinski definition) is 4. The molecule has 0 atom stereocenters. The summed E-state index contributed by atoms with van der Waals surface area (Å²) >= 11 is 0. The van der Waals surface area contributed by atoms with Crippen LogP contribution < -0.4 is 5.32 Å². The van der Waals surface area contributed by atoms with Gasteiger partial charge in [-0.2, -0.15) is 23.4 Å². The third-order valence-electron chi connectivity index (χ3n) is 4.92. The Kier molecular flexibility index (Phi) is 6.05. The SMILES string of the molecule is CN(C)CCn1cc(NC(=O)c2cnn(-c3cccc(C(F)(F)F)c3)c2-n2cccc2)cn1. The maximum absolute atomic E-state index is 13.2. The van der Waals surface area contributed by atoms with E-state index >= 15 is 0 Å². The van der Waals surface area contributed by atoms with E-state index in [4.69, 9.17) is 0 Å². The Hall–Kier alpha value is -3.86. The summed E-state index contributed by atoms with van der Waals surface area (Å²) in [6, 6.07) is 8.30. The fraction of sp³-hybridized carbons (Fsp3) is 0.227. The number of carbonyl (C=O) groups excluding carboxylic acids is 1. The zero-order chi connectivity index (χ0) is 23.6. The molecule has 0 unspecified atom stereocenters. The van der Waals surface area contributed by atoms with Gasteiger partial charge in [-0.3, -0.25) is 9.48 Å². The van der Waals surface area contributed by atoms with E-state index in [1.54, 1.807) is 46.2 Å². The molecule has 4 aromatic rings. The van der Waals surface area contributed by atoms with Crippen molar-refractivity contribution >= 4 is 11.6 Å². The van der Waals surface area contributed by atoms with Gasteiger partial charge in [0, 0.05) is 25.1 Å². The molecule has 0 spiro atoms. The number of carbonyl (C=O) groups is 1. The highest BCUT2D eigenvalue weighted by Crippen LogP contribution is 2.31. The van der Waals surface area contributed by atoms with Crippen molar-refractivity contribution in [3.63, 3.8) is 0 Å². The van der Waals surface area contributed by atoms with E-state index in [2.05, 4.69) is 15.5 Å². The average Bonchev–Trinajstić information content (AvgIpc) is 3.51. The van der Waals surface area contributed by atoms with E-state index in [9.17, 15) is 18.0 Å². The molecule has 3 heterocycles. The number of benzene rings is 1. The number of anilines is 1. The minimum atomic E-state index is -4.50. The number of halogens is 3. The number of likely N-dealkylation sites (N-methyl/N-ethyl adjacent to an activating group) is 1. The lowest BCUT2D eigenvalue weighted by atomic mass is 10.2. The first kappa shape index (κ1) is 22.3. The zero-order valence-corrected chi connectivity index (χ0v) is 18.0. The molecule has 0 saturated carbocycles. The summed E-state index contributed by atoms with van der Waals surface area (Å²) in [6.45, 7) is 1.45.